The zero-order valence-electron chi connectivity index (χ0n) is 13.3. The molecule has 1 unspecified atom stereocenters. The summed E-state index contributed by atoms with van der Waals surface area (Å²) in [5.41, 5.74) is 1.63. The lowest BCUT2D eigenvalue weighted by molar-refractivity contribution is -0.384. The first-order valence-electron chi connectivity index (χ1n) is 7.70. The van der Waals surface area contributed by atoms with Crippen LogP contribution in [0.3, 0.4) is 0 Å². The van der Waals surface area contributed by atoms with Gasteiger partial charge in [0.1, 0.15) is 10.4 Å². The Kier molecular flexibility index (Phi) is 4.39. The standard InChI is InChI=1S/C17H12N4O3S2/c22-14-10-25-16(11-5-2-1-3-6-11)20(14)17-19-18-15(26-17)12-7-4-8-13(9-12)21(23)24/h1-9,16H,10H2. The second-order valence-electron chi connectivity index (χ2n) is 5.54. The highest BCUT2D eigenvalue weighted by Crippen LogP contribution is 2.43. The summed E-state index contributed by atoms with van der Waals surface area (Å²) in [5.74, 6) is 0.358. The monoisotopic (exact) mass is 384 g/mol. The second kappa shape index (κ2) is 6.85. The average molecular weight is 384 g/mol. The van der Waals surface area contributed by atoms with Gasteiger partial charge in [-0.15, -0.1) is 22.0 Å². The van der Waals surface area contributed by atoms with E-state index in [4.69, 9.17) is 0 Å². The normalized spacial score (nSPS) is 16.8. The molecule has 1 atom stereocenters. The van der Waals surface area contributed by atoms with Crippen molar-refractivity contribution in [1.29, 1.82) is 0 Å². The third kappa shape index (κ3) is 3.06. The van der Waals surface area contributed by atoms with Crippen molar-refractivity contribution in [3.05, 3.63) is 70.3 Å². The van der Waals surface area contributed by atoms with E-state index in [0.717, 1.165) is 5.56 Å². The molecule has 4 rings (SSSR count). The van der Waals surface area contributed by atoms with Gasteiger partial charge in [-0.25, -0.2) is 0 Å². The van der Waals surface area contributed by atoms with Gasteiger partial charge in [0.2, 0.25) is 11.0 Å². The van der Waals surface area contributed by atoms with Crippen LogP contribution >= 0.6 is 23.1 Å². The van der Waals surface area contributed by atoms with E-state index < -0.39 is 4.92 Å². The van der Waals surface area contributed by atoms with Gasteiger partial charge in [-0.1, -0.05) is 53.8 Å². The fourth-order valence-electron chi connectivity index (χ4n) is 2.68. The Morgan fingerprint density at radius 1 is 1.12 bits per heavy atom. The number of nitro groups is 1. The molecule has 9 heteroatoms. The summed E-state index contributed by atoms with van der Waals surface area (Å²) in [5, 5.41) is 20.2. The summed E-state index contributed by atoms with van der Waals surface area (Å²) < 4.78 is 0. The maximum atomic E-state index is 12.4. The van der Waals surface area contributed by atoms with Crippen molar-refractivity contribution in [2.45, 2.75) is 5.37 Å². The second-order valence-corrected chi connectivity index (χ2v) is 7.56. The number of benzene rings is 2. The van der Waals surface area contributed by atoms with E-state index in [2.05, 4.69) is 10.2 Å². The zero-order valence-corrected chi connectivity index (χ0v) is 14.9. The summed E-state index contributed by atoms with van der Waals surface area (Å²) in [6, 6.07) is 16.0. The van der Waals surface area contributed by atoms with Gasteiger partial charge in [0.05, 0.1) is 10.7 Å². The third-order valence-electron chi connectivity index (χ3n) is 3.88. The van der Waals surface area contributed by atoms with E-state index in [0.29, 0.717) is 21.5 Å². The molecule has 0 radical (unpaired) electrons. The quantitative estimate of drug-likeness (QED) is 0.501. The molecular formula is C17H12N4O3S2. The number of hydrogen-bond donors (Lipinski definition) is 0. The molecular weight excluding hydrogens is 372 g/mol. The fraction of sp³-hybridized carbons (Fsp3) is 0.118. The smallest absolute Gasteiger partial charge is 0.270 e. The molecule has 1 aromatic heterocycles. The topological polar surface area (TPSA) is 89.2 Å². The molecule has 0 saturated carbocycles. The van der Waals surface area contributed by atoms with Crippen LogP contribution in [0.5, 0.6) is 0 Å². The van der Waals surface area contributed by atoms with Gasteiger partial charge < -0.3 is 0 Å². The van der Waals surface area contributed by atoms with Crippen molar-refractivity contribution in [3.63, 3.8) is 0 Å². The highest BCUT2D eigenvalue weighted by molar-refractivity contribution is 8.00. The van der Waals surface area contributed by atoms with E-state index in [-0.39, 0.29) is 17.0 Å². The van der Waals surface area contributed by atoms with Crippen LogP contribution in [-0.4, -0.2) is 26.8 Å². The molecule has 2 aromatic carbocycles. The van der Waals surface area contributed by atoms with Gasteiger partial charge in [0, 0.05) is 17.7 Å². The van der Waals surface area contributed by atoms with E-state index in [9.17, 15) is 14.9 Å². The maximum absolute atomic E-state index is 12.4. The number of anilines is 1. The van der Waals surface area contributed by atoms with Crippen molar-refractivity contribution in [2.24, 2.45) is 0 Å². The summed E-state index contributed by atoms with van der Waals surface area (Å²) >= 11 is 2.80. The van der Waals surface area contributed by atoms with Crippen LogP contribution in [0.2, 0.25) is 0 Å². The first kappa shape index (κ1) is 16.7. The number of aromatic nitrogens is 2. The average Bonchev–Trinajstić information content (AvgIpc) is 3.29. The maximum Gasteiger partial charge on any atom is 0.270 e. The summed E-state index contributed by atoms with van der Waals surface area (Å²) in [6.45, 7) is 0. The van der Waals surface area contributed by atoms with Gasteiger partial charge in [0.25, 0.3) is 5.69 Å². The zero-order chi connectivity index (χ0) is 18.1. The molecule has 0 aliphatic carbocycles. The highest BCUT2D eigenvalue weighted by Gasteiger charge is 2.36. The number of nitro benzene ring substituents is 1. The minimum Gasteiger partial charge on any atom is -0.273 e. The first-order valence-corrected chi connectivity index (χ1v) is 9.57. The Hall–Kier alpha value is -2.78. The molecule has 1 amide bonds. The molecule has 0 N–H and O–H groups in total. The van der Waals surface area contributed by atoms with E-state index in [1.54, 1.807) is 28.8 Å². The van der Waals surface area contributed by atoms with Crippen molar-refractivity contribution in [2.75, 3.05) is 10.7 Å². The van der Waals surface area contributed by atoms with Crippen LogP contribution in [0.25, 0.3) is 10.6 Å². The predicted octanol–water partition coefficient (Wildman–Crippen LogP) is 3.89. The number of thioether (sulfide) groups is 1. The lowest BCUT2D eigenvalue weighted by atomic mass is 10.2. The number of amides is 1. The van der Waals surface area contributed by atoms with Crippen LogP contribution in [-0.2, 0) is 4.79 Å². The summed E-state index contributed by atoms with van der Waals surface area (Å²) in [4.78, 5) is 24.6. The number of rotatable bonds is 4. The molecule has 0 bridgehead atoms. The lowest BCUT2D eigenvalue weighted by Crippen LogP contribution is -2.27. The van der Waals surface area contributed by atoms with Crippen LogP contribution in [0.4, 0.5) is 10.8 Å². The van der Waals surface area contributed by atoms with Gasteiger partial charge in [-0.2, -0.15) is 0 Å². The molecule has 1 aliphatic heterocycles. The van der Waals surface area contributed by atoms with E-state index >= 15 is 0 Å². The number of hydrogen-bond acceptors (Lipinski definition) is 7. The highest BCUT2D eigenvalue weighted by atomic mass is 32.2. The Morgan fingerprint density at radius 3 is 2.69 bits per heavy atom. The minimum atomic E-state index is -0.447. The largest absolute Gasteiger partial charge is 0.273 e. The molecule has 1 fully saturated rings. The number of carbonyl (C=O) groups excluding carboxylic acids is 1. The van der Waals surface area contributed by atoms with Crippen molar-refractivity contribution < 1.29 is 9.72 Å². The Morgan fingerprint density at radius 2 is 1.92 bits per heavy atom. The molecule has 0 spiro atoms. The molecule has 7 nitrogen and oxygen atoms in total. The Labute approximate surface area is 156 Å². The van der Waals surface area contributed by atoms with E-state index in [1.165, 1.54) is 23.5 Å². The number of carbonyl (C=O) groups is 1. The Balaban J connectivity index is 1.67. The van der Waals surface area contributed by atoms with Crippen molar-refractivity contribution in [1.82, 2.24) is 10.2 Å². The molecule has 1 aliphatic rings. The summed E-state index contributed by atoms with van der Waals surface area (Å²) in [7, 11) is 0. The summed E-state index contributed by atoms with van der Waals surface area (Å²) in [6.07, 6.45) is 0. The molecule has 3 aromatic rings. The van der Waals surface area contributed by atoms with Crippen LogP contribution in [0, 0.1) is 10.1 Å². The number of nitrogens with zero attached hydrogens (tertiary/aromatic N) is 4. The van der Waals surface area contributed by atoms with Crippen molar-refractivity contribution >= 4 is 39.8 Å². The van der Waals surface area contributed by atoms with Gasteiger partial charge in [-0.05, 0) is 5.56 Å². The first-order chi connectivity index (χ1) is 12.6. The molecule has 2 heterocycles. The molecule has 1 saturated heterocycles. The van der Waals surface area contributed by atoms with Gasteiger partial charge in [-0.3, -0.25) is 19.8 Å². The van der Waals surface area contributed by atoms with E-state index in [1.807, 2.05) is 30.3 Å². The van der Waals surface area contributed by atoms with Gasteiger partial charge >= 0.3 is 0 Å². The fourth-order valence-corrected chi connectivity index (χ4v) is 4.79. The molecule has 26 heavy (non-hydrogen) atoms. The van der Waals surface area contributed by atoms with Gasteiger partial charge in [0.15, 0.2) is 0 Å². The Bertz CT molecular complexity index is 977. The van der Waals surface area contributed by atoms with Crippen molar-refractivity contribution in [3.8, 4) is 10.6 Å². The predicted molar refractivity (Wildman–Crippen MR) is 101 cm³/mol. The minimum absolute atomic E-state index is 0.00536. The van der Waals surface area contributed by atoms with Crippen LogP contribution < -0.4 is 4.90 Å². The van der Waals surface area contributed by atoms with Crippen LogP contribution in [0.15, 0.2) is 54.6 Å². The third-order valence-corrected chi connectivity index (χ3v) is 6.06. The number of non-ortho nitro benzene ring substituents is 1. The lowest BCUT2D eigenvalue weighted by Gasteiger charge is -2.20. The van der Waals surface area contributed by atoms with Crippen LogP contribution in [0.1, 0.15) is 10.9 Å². The molecule has 130 valence electrons. The SMILES string of the molecule is O=C1CSC(c2ccccc2)N1c1nnc(-c2cccc([N+](=O)[O-])c2)s1.